The number of carbonyl (C=O) groups excluding carboxylic acids is 1. The number of aromatic nitrogens is 2. The Morgan fingerprint density at radius 2 is 2.37 bits per heavy atom. The molecule has 1 fully saturated rings. The fourth-order valence-corrected chi connectivity index (χ4v) is 2.29. The molecule has 1 aliphatic heterocycles. The lowest BCUT2D eigenvalue weighted by molar-refractivity contribution is 0.0931. The Labute approximate surface area is 112 Å². The summed E-state index contributed by atoms with van der Waals surface area (Å²) >= 11 is 0. The summed E-state index contributed by atoms with van der Waals surface area (Å²) in [7, 11) is 2.11. The van der Waals surface area contributed by atoms with Crippen LogP contribution >= 0.6 is 0 Å². The van der Waals surface area contributed by atoms with Crippen molar-refractivity contribution < 1.29 is 4.79 Å². The number of nitrogens with zero attached hydrogens (tertiary/aromatic N) is 3. The minimum Gasteiger partial charge on any atom is -0.350 e. The van der Waals surface area contributed by atoms with Crippen LogP contribution in [0.15, 0.2) is 12.4 Å². The smallest absolute Gasteiger partial charge is 0.271 e. The summed E-state index contributed by atoms with van der Waals surface area (Å²) in [5, 5.41) is 2.91. The maximum absolute atomic E-state index is 11.9. The van der Waals surface area contributed by atoms with Crippen molar-refractivity contribution in [1.29, 1.82) is 0 Å². The van der Waals surface area contributed by atoms with Crippen LogP contribution in [0.2, 0.25) is 0 Å². The normalized spacial score (nSPS) is 20.0. The van der Waals surface area contributed by atoms with Gasteiger partial charge in [-0.15, -0.1) is 0 Å². The number of hydrogen-bond donors (Lipinski definition) is 3. The number of piperidine rings is 1. The Balaban J connectivity index is 1.83. The molecule has 0 saturated carbocycles. The van der Waals surface area contributed by atoms with Gasteiger partial charge in [0.2, 0.25) is 0 Å². The van der Waals surface area contributed by atoms with E-state index >= 15 is 0 Å². The SMILES string of the molecule is CN1CCCC(CNC(=O)c2cnc(NN)cn2)C1. The Hall–Kier alpha value is -1.73. The van der Waals surface area contributed by atoms with Gasteiger partial charge in [-0.3, -0.25) is 4.79 Å². The van der Waals surface area contributed by atoms with E-state index in [4.69, 9.17) is 5.84 Å². The average Bonchev–Trinajstić information content (AvgIpc) is 2.45. The quantitative estimate of drug-likeness (QED) is 0.516. The molecule has 0 spiro atoms. The first-order valence-electron chi connectivity index (χ1n) is 6.44. The first-order chi connectivity index (χ1) is 9.19. The lowest BCUT2D eigenvalue weighted by Crippen LogP contribution is -2.39. The van der Waals surface area contributed by atoms with Crippen molar-refractivity contribution in [2.75, 3.05) is 32.1 Å². The molecule has 0 bridgehead atoms. The molecule has 2 rings (SSSR count). The van der Waals surface area contributed by atoms with E-state index in [1.807, 2.05) is 0 Å². The number of rotatable bonds is 4. The summed E-state index contributed by atoms with van der Waals surface area (Å²) in [6, 6.07) is 0. The lowest BCUT2D eigenvalue weighted by atomic mass is 9.98. The lowest BCUT2D eigenvalue weighted by Gasteiger charge is -2.29. The van der Waals surface area contributed by atoms with Crippen LogP contribution < -0.4 is 16.6 Å². The van der Waals surface area contributed by atoms with Crippen molar-refractivity contribution in [3.8, 4) is 0 Å². The zero-order valence-corrected chi connectivity index (χ0v) is 11.1. The molecular formula is C12H20N6O. The number of nitrogens with two attached hydrogens (primary N) is 1. The fraction of sp³-hybridized carbons (Fsp3) is 0.583. The summed E-state index contributed by atoms with van der Waals surface area (Å²) in [6.45, 7) is 2.85. The second-order valence-electron chi connectivity index (χ2n) is 4.91. The maximum atomic E-state index is 11.9. The van der Waals surface area contributed by atoms with Crippen molar-refractivity contribution in [2.24, 2.45) is 11.8 Å². The first-order valence-corrected chi connectivity index (χ1v) is 6.44. The molecule has 19 heavy (non-hydrogen) atoms. The van der Waals surface area contributed by atoms with Gasteiger partial charge < -0.3 is 15.6 Å². The Bertz CT molecular complexity index is 421. The highest BCUT2D eigenvalue weighted by atomic mass is 16.1. The Morgan fingerprint density at radius 3 is 3.00 bits per heavy atom. The van der Waals surface area contributed by atoms with Gasteiger partial charge in [0, 0.05) is 13.1 Å². The molecule has 104 valence electrons. The predicted molar refractivity (Wildman–Crippen MR) is 72.4 cm³/mol. The van der Waals surface area contributed by atoms with Crippen LogP contribution in [-0.4, -0.2) is 47.5 Å². The van der Waals surface area contributed by atoms with E-state index < -0.39 is 0 Å². The topological polar surface area (TPSA) is 96.2 Å². The molecule has 1 saturated heterocycles. The third-order valence-corrected chi connectivity index (χ3v) is 3.31. The van der Waals surface area contributed by atoms with Crippen molar-refractivity contribution in [2.45, 2.75) is 12.8 Å². The van der Waals surface area contributed by atoms with Crippen LogP contribution in [0.1, 0.15) is 23.3 Å². The molecule has 1 unspecified atom stereocenters. The molecular weight excluding hydrogens is 244 g/mol. The van der Waals surface area contributed by atoms with Crippen molar-refractivity contribution >= 4 is 11.7 Å². The third kappa shape index (κ3) is 3.87. The standard InChI is InChI=1S/C12H20N6O/c1-18-4-2-3-9(8-18)5-16-12(19)10-6-15-11(17-13)7-14-10/h6-7,9H,2-5,8,13H2,1H3,(H,15,17)(H,16,19). The van der Waals surface area contributed by atoms with Crippen molar-refractivity contribution in [3.63, 3.8) is 0 Å². The average molecular weight is 264 g/mol. The Kier molecular flexibility index (Phi) is 4.64. The molecule has 1 atom stereocenters. The molecule has 1 aliphatic rings. The van der Waals surface area contributed by atoms with Gasteiger partial charge in [0.05, 0.1) is 12.4 Å². The van der Waals surface area contributed by atoms with Gasteiger partial charge in [0.25, 0.3) is 5.91 Å². The molecule has 2 heterocycles. The highest BCUT2D eigenvalue weighted by Gasteiger charge is 2.18. The van der Waals surface area contributed by atoms with Crippen LogP contribution in [-0.2, 0) is 0 Å². The largest absolute Gasteiger partial charge is 0.350 e. The number of hydrazine groups is 1. The third-order valence-electron chi connectivity index (χ3n) is 3.31. The minimum atomic E-state index is -0.190. The van der Waals surface area contributed by atoms with Gasteiger partial charge >= 0.3 is 0 Å². The minimum absolute atomic E-state index is 0.190. The van der Waals surface area contributed by atoms with E-state index in [9.17, 15) is 4.79 Å². The summed E-state index contributed by atoms with van der Waals surface area (Å²) in [4.78, 5) is 22.1. The van der Waals surface area contributed by atoms with Gasteiger partial charge in [-0.2, -0.15) is 0 Å². The fourth-order valence-electron chi connectivity index (χ4n) is 2.29. The molecule has 4 N–H and O–H groups in total. The highest BCUT2D eigenvalue weighted by Crippen LogP contribution is 2.13. The van der Waals surface area contributed by atoms with Gasteiger partial charge in [0.1, 0.15) is 5.69 Å². The Morgan fingerprint density at radius 1 is 1.53 bits per heavy atom. The summed E-state index contributed by atoms with van der Waals surface area (Å²) in [6.07, 6.45) is 5.20. The van der Waals surface area contributed by atoms with Crippen LogP contribution in [0.3, 0.4) is 0 Å². The van der Waals surface area contributed by atoms with Crippen molar-refractivity contribution in [3.05, 3.63) is 18.1 Å². The van der Waals surface area contributed by atoms with Gasteiger partial charge in [0.15, 0.2) is 5.82 Å². The van der Waals surface area contributed by atoms with E-state index in [2.05, 4.69) is 32.7 Å². The monoisotopic (exact) mass is 264 g/mol. The molecule has 0 radical (unpaired) electrons. The van der Waals surface area contributed by atoms with E-state index in [0.717, 1.165) is 19.5 Å². The van der Waals surface area contributed by atoms with E-state index in [-0.39, 0.29) is 5.91 Å². The van der Waals surface area contributed by atoms with Crippen LogP contribution in [0.25, 0.3) is 0 Å². The second-order valence-corrected chi connectivity index (χ2v) is 4.91. The second kappa shape index (κ2) is 6.44. The number of likely N-dealkylation sites (tertiary alicyclic amines) is 1. The van der Waals surface area contributed by atoms with E-state index in [1.165, 1.54) is 18.8 Å². The van der Waals surface area contributed by atoms with Crippen LogP contribution in [0.5, 0.6) is 0 Å². The first kappa shape index (κ1) is 13.7. The number of hydrogen-bond acceptors (Lipinski definition) is 6. The number of anilines is 1. The molecule has 1 amide bonds. The van der Waals surface area contributed by atoms with Gasteiger partial charge in [-0.1, -0.05) is 0 Å². The number of amides is 1. The maximum Gasteiger partial charge on any atom is 0.271 e. The van der Waals surface area contributed by atoms with Crippen molar-refractivity contribution in [1.82, 2.24) is 20.2 Å². The molecule has 0 aliphatic carbocycles. The summed E-state index contributed by atoms with van der Waals surface area (Å²) < 4.78 is 0. The summed E-state index contributed by atoms with van der Waals surface area (Å²) in [5.41, 5.74) is 2.68. The molecule has 1 aromatic heterocycles. The number of nitrogens with one attached hydrogen (secondary N) is 2. The molecule has 0 aromatic carbocycles. The number of carbonyl (C=O) groups is 1. The van der Waals surface area contributed by atoms with Crippen LogP contribution in [0.4, 0.5) is 5.82 Å². The van der Waals surface area contributed by atoms with E-state index in [1.54, 1.807) is 0 Å². The zero-order chi connectivity index (χ0) is 13.7. The zero-order valence-electron chi connectivity index (χ0n) is 11.1. The number of nitrogen functional groups attached to an aromatic ring is 1. The molecule has 1 aromatic rings. The van der Waals surface area contributed by atoms with Gasteiger partial charge in [-0.25, -0.2) is 15.8 Å². The molecule has 7 heteroatoms. The predicted octanol–water partition coefficient (Wildman–Crippen LogP) is -0.166. The van der Waals surface area contributed by atoms with E-state index in [0.29, 0.717) is 24.0 Å². The van der Waals surface area contributed by atoms with Gasteiger partial charge in [-0.05, 0) is 32.4 Å². The highest BCUT2D eigenvalue weighted by molar-refractivity contribution is 5.91. The molecule has 7 nitrogen and oxygen atoms in total. The summed E-state index contributed by atoms with van der Waals surface area (Å²) in [5.74, 6) is 5.95. The van der Waals surface area contributed by atoms with Crippen LogP contribution in [0, 0.1) is 5.92 Å².